The Bertz CT molecular complexity index is 452. The number of aldehydes is 1. The maximum Gasteiger partial charge on any atom is 0.127 e. The number of carbonyl (C=O) groups is 1. The Morgan fingerprint density at radius 3 is 2.47 bits per heavy atom. The minimum Gasteiger partial charge on any atom is -0.303 e. The van der Waals surface area contributed by atoms with E-state index in [1.807, 2.05) is 0 Å². The van der Waals surface area contributed by atoms with E-state index in [2.05, 4.69) is 47.1 Å². The fourth-order valence-corrected chi connectivity index (χ4v) is 4.35. The Kier molecular flexibility index (Phi) is 2.48. The van der Waals surface area contributed by atoms with Crippen LogP contribution in [0.4, 0.5) is 0 Å². The third-order valence-electron chi connectivity index (χ3n) is 5.08. The van der Waals surface area contributed by atoms with Crippen LogP contribution in [-0.2, 0) is 4.79 Å². The Morgan fingerprint density at radius 2 is 1.88 bits per heavy atom. The standard InChI is InChI=1S/C15H17BrO/c1-14-8-2-3-9-15(14,10-17)13(14)11-4-6-12(16)7-5-11/h4-7,10,13H,2-3,8-9H2,1H3/t13-,14+,15-/m1/s1. The van der Waals surface area contributed by atoms with Gasteiger partial charge >= 0.3 is 0 Å². The Balaban J connectivity index is 1.99. The molecule has 1 nitrogen and oxygen atoms in total. The molecular formula is C15H17BrO. The van der Waals surface area contributed by atoms with Gasteiger partial charge in [0.15, 0.2) is 0 Å². The van der Waals surface area contributed by atoms with Gasteiger partial charge in [-0.2, -0.15) is 0 Å². The summed E-state index contributed by atoms with van der Waals surface area (Å²) in [6, 6.07) is 8.51. The van der Waals surface area contributed by atoms with E-state index in [1.54, 1.807) is 0 Å². The van der Waals surface area contributed by atoms with Gasteiger partial charge in [-0.05, 0) is 36.0 Å². The minimum absolute atomic E-state index is 0.0565. The van der Waals surface area contributed by atoms with Crippen molar-refractivity contribution in [1.82, 2.24) is 0 Å². The summed E-state index contributed by atoms with van der Waals surface area (Å²) in [6.45, 7) is 2.30. The molecule has 2 heteroatoms. The number of fused-ring (bicyclic) bond motifs is 1. The lowest BCUT2D eigenvalue weighted by atomic mass is 9.81. The van der Waals surface area contributed by atoms with Crippen LogP contribution in [0.2, 0.25) is 0 Å². The molecule has 0 unspecified atom stereocenters. The highest BCUT2D eigenvalue weighted by Crippen LogP contribution is 2.78. The molecule has 2 saturated carbocycles. The molecule has 1 aromatic rings. The molecule has 0 N–H and O–H groups in total. The molecule has 2 aliphatic carbocycles. The number of benzene rings is 1. The molecule has 0 radical (unpaired) electrons. The van der Waals surface area contributed by atoms with E-state index in [9.17, 15) is 4.79 Å². The van der Waals surface area contributed by atoms with Crippen LogP contribution in [0.1, 0.15) is 44.1 Å². The molecule has 0 spiro atoms. The second-order valence-electron chi connectivity index (χ2n) is 5.77. The van der Waals surface area contributed by atoms with Gasteiger partial charge in [0.2, 0.25) is 0 Å². The maximum atomic E-state index is 11.6. The molecular weight excluding hydrogens is 276 g/mol. The zero-order chi connectivity index (χ0) is 12.1. The van der Waals surface area contributed by atoms with Gasteiger partial charge in [0.25, 0.3) is 0 Å². The predicted octanol–water partition coefficient (Wildman–Crippen LogP) is 4.31. The van der Waals surface area contributed by atoms with Crippen LogP contribution in [-0.4, -0.2) is 6.29 Å². The largest absolute Gasteiger partial charge is 0.303 e. The molecule has 2 fully saturated rings. The fraction of sp³-hybridized carbons (Fsp3) is 0.533. The maximum absolute atomic E-state index is 11.6. The van der Waals surface area contributed by atoms with E-state index in [4.69, 9.17) is 0 Å². The summed E-state index contributed by atoms with van der Waals surface area (Å²) in [6.07, 6.45) is 6.01. The van der Waals surface area contributed by atoms with Crippen molar-refractivity contribution in [2.45, 2.75) is 38.5 Å². The number of hydrogen-bond donors (Lipinski definition) is 0. The Morgan fingerprint density at radius 1 is 1.24 bits per heavy atom. The van der Waals surface area contributed by atoms with E-state index in [0.29, 0.717) is 5.92 Å². The van der Waals surface area contributed by atoms with Crippen molar-refractivity contribution in [2.24, 2.45) is 10.8 Å². The summed E-state index contributed by atoms with van der Waals surface area (Å²) >= 11 is 3.47. The first-order valence-corrected chi connectivity index (χ1v) is 7.15. The van der Waals surface area contributed by atoms with E-state index in [1.165, 1.54) is 31.1 Å². The second kappa shape index (κ2) is 3.68. The first-order chi connectivity index (χ1) is 8.14. The number of carbonyl (C=O) groups excluding carboxylic acids is 1. The quantitative estimate of drug-likeness (QED) is 0.742. The average molecular weight is 293 g/mol. The van der Waals surface area contributed by atoms with Crippen molar-refractivity contribution in [2.75, 3.05) is 0 Å². The van der Waals surface area contributed by atoms with Crippen LogP contribution in [0.25, 0.3) is 0 Å². The van der Waals surface area contributed by atoms with Gasteiger partial charge in [0, 0.05) is 15.8 Å². The van der Waals surface area contributed by atoms with Crippen molar-refractivity contribution >= 4 is 22.2 Å². The summed E-state index contributed by atoms with van der Waals surface area (Å²) in [7, 11) is 0. The zero-order valence-corrected chi connectivity index (χ0v) is 11.7. The minimum atomic E-state index is -0.0565. The first kappa shape index (κ1) is 11.5. The van der Waals surface area contributed by atoms with E-state index < -0.39 is 0 Å². The van der Waals surface area contributed by atoms with Crippen molar-refractivity contribution < 1.29 is 4.79 Å². The molecule has 3 atom stereocenters. The van der Waals surface area contributed by atoms with Crippen LogP contribution in [0, 0.1) is 10.8 Å². The van der Waals surface area contributed by atoms with Crippen molar-refractivity contribution in [3.05, 3.63) is 34.3 Å². The number of halogens is 1. The van der Waals surface area contributed by atoms with Crippen LogP contribution in [0.5, 0.6) is 0 Å². The SMILES string of the molecule is C[C@@]12CCCC[C@@]1(C=O)[C@@H]2c1ccc(Br)cc1. The molecule has 0 aromatic heterocycles. The van der Waals surface area contributed by atoms with E-state index >= 15 is 0 Å². The molecule has 1 aromatic carbocycles. The molecule has 0 heterocycles. The number of hydrogen-bond acceptors (Lipinski definition) is 1. The third-order valence-corrected chi connectivity index (χ3v) is 5.61. The smallest absolute Gasteiger partial charge is 0.127 e. The molecule has 0 amide bonds. The van der Waals surface area contributed by atoms with Gasteiger partial charge < -0.3 is 4.79 Å². The number of rotatable bonds is 2. The molecule has 2 aliphatic rings. The third kappa shape index (κ3) is 1.40. The molecule has 0 aliphatic heterocycles. The highest BCUT2D eigenvalue weighted by molar-refractivity contribution is 9.10. The Labute approximate surface area is 111 Å². The lowest BCUT2D eigenvalue weighted by molar-refractivity contribution is -0.114. The normalized spacial score (nSPS) is 39.5. The van der Waals surface area contributed by atoms with Crippen LogP contribution in [0.3, 0.4) is 0 Å². The molecule has 0 saturated heterocycles. The van der Waals surface area contributed by atoms with Gasteiger partial charge in [0.05, 0.1) is 0 Å². The highest BCUT2D eigenvalue weighted by Gasteiger charge is 2.73. The molecule has 0 bridgehead atoms. The summed E-state index contributed by atoms with van der Waals surface area (Å²) < 4.78 is 1.11. The summed E-state index contributed by atoms with van der Waals surface area (Å²) in [5, 5.41) is 0. The predicted molar refractivity (Wildman–Crippen MR) is 72.0 cm³/mol. The van der Waals surface area contributed by atoms with E-state index in [0.717, 1.165) is 10.9 Å². The van der Waals surface area contributed by atoms with Crippen LogP contribution >= 0.6 is 15.9 Å². The lowest BCUT2D eigenvalue weighted by Crippen LogP contribution is -2.17. The van der Waals surface area contributed by atoms with Gasteiger partial charge in [-0.3, -0.25) is 0 Å². The van der Waals surface area contributed by atoms with Crippen molar-refractivity contribution in [3.63, 3.8) is 0 Å². The Hall–Kier alpha value is -0.630. The van der Waals surface area contributed by atoms with Crippen molar-refractivity contribution in [3.8, 4) is 0 Å². The lowest BCUT2D eigenvalue weighted by Gasteiger charge is -2.22. The first-order valence-electron chi connectivity index (χ1n) is 6.36. The van der Waals surface area contributed by atoms with Gasteiger partial charge in [-0.1, -0.05) is 47.8 Å². The highest BCUT2D eigenvalue weighted by atomic mass is 79.9. The van der Waals surface area contributed by atoms with Crippen molar-refractivity contribution in [1.29, 1.82) is 0 Å². The van der Waals surface area contributed by atoms with Crippen LogP contribution in [0.15, 0.2) is 28.7 Å². The van der Waals surface area contributed by atoms with E-state index in [-0.39, 0.29) is 10.8 Å². The average Bonchev–Trinajstić information content (AvgIpc) is 2.91. The summed E-state index contributed by atoms with van der Waals surface area (Å²) in [5.41, 5.74) is 1.50. The fourth-order valence-electron chi connectivity index (χ4n) is 4.09. The summed E-state index contributed by atoms with van der Waals surface area (Å²) in [4.78, 5) is 11.6. The van der Waals surface area contributed by atoms with Crippen LogP contribution < -0.4 is 0 Å². The summed E-state index contributed by atoms with van der Waals surface area (Å²) in [5.74, 6) is 0.447. The van der Waals surface area contributed by atoms with Gasteiger partial charge in [-0.15, -0.1) is 0 Å². The second-order valence-corrected chi connectivity index (χ2v) is 6.68. The molecule has 17 heavy (non-hydrogen) atoms. The topological polar surface area (TPSA) is 17.1 Å². The zero-order valence-electron chi connectivity index (χ0n) is 10.1. The van der Waals surface area contributed by atoms with Gasteiger partial charge in [0.1, 0.15) is 6.29 Å². The molecule has 90 valence electrons. The monoisotopic (exact) mass is 292 g/mol. The van der Waals surface area contributed by atoms with Gasteiger partial charge in [-0.25, -0.2) is 0 Å². The molecule has 3 rings (SSSR count).